The minimum Gasteiger partial charge on any atom is -0.330 e. The molecule has 0 fully saturated rings. The van der Waals surface area contributed by atoms with Crippen LogP contribution in [0.25, 0.3) is 16.9 Å². The molecule has 0 spiro atoms. The maximum Gasteiger partial charge on any atom is 0.245 e. The van der Waals surface area contributed by atoms with E-state index in [0.717, 1.165) is 33.6 Å². The SMILES string of the molecule is Cc1ccc(-n2nc(-c3ccccc3)cc2NC(=O)CN(C(=O)C(c2ccccc2)c2ccccc2)C(C)C)cc1. The molecule has 206 valence electrons. The van der Waals surface area contributed by atoms with Crippen molar-refractivity contribution in [1.29, 1.82) is 0 Å². The van der Waals surface area contributed by atoms with Crippen molar-refractivity contribution in [2.45, 2.75) is 32.7 Å². The Morgan fingerprint density at radius 3 is 1.85 bits per heavy atom. The van der Waals surface area contributed by atoms with E-state index < -0.39 is 5.92 Å². The minimum absolute atomic E-state index is 0.0909. The second kappa shape index (κ2) is 12.5. The Labute approximate surface area is 241 Å². The van der Waals surface area contributed by atoms with Gasteiger partial charge in [-0.15, -0.1) is 0 Å². The van der Waals surface area contributed by atoms with Crippen molar-refractivity contribution in [1.82, 2.24) is 14.7 Å². The van der Waals surface area contributed by atoms with E-state index in [1.54, 1.807) is 9.58 Å². The largest absolute Gasteiger partial charge is 0.330 e. The first-order valence-electron chi connectivity index (χ1n) is 13.8. The Hall–Kier alpha value is -4.97. The van der Waals surface area contributed by atoms with Crippen LogP contribution < -0.4 is 5.32 Å². The highest BCUT2D eigenvalue weighted by atomic mass is 16.2. The normalized spacial score (nSPS) is 11.0. The topological polar surface area (TPSA) is 67.2 Å². The minimum atomic E-state index is -0.518. The Balaban J connectivity index is 1.44. The number of benzene rings is 4. The van der Waals surface area contributed by atoms with Gasteiger partial charge >= 0.3 is 0 Å². The number of aryl methyl sites for hydroxylation is 1. The Morgan fingerprint density at radius 2 is 1.32 bits per heavy atom. The van der Waals surface area contributed by atoms with Crippen LogP contribution in [0.15, 0.2) is 121 Å². The molecule has 0 radical (unpaired) electrons. The number of nitrogens with one attached hydrogen (secondary N) is 1. The summed E-state index contributed by atoms with van der Waals surface area (Å²) in [4.78, 5) is 29.3. The Bertz CT molecular complexity index is 1560. The van der Waals surface area contributed by atoms with Crippen molar-refractivity contribution in [2.75, 3.05) is 11.9 Å². The highest BCUT2D eigenvalue weighted by Crippen LogP contribution is 2.28. The lowest BCUT2D eigenvalue weighted by Gasteiger charge is -2.30. The lowest BCUT2D eigenvalue weighted by Crippen LogP contribution is -2.45. The van der Waals surface area contributed by atoms with E-state index >= 15 is 0 Å². The maximum absolute atomic E-state index is 14.1. The average Bonchev–Trinajstić information content (AvgIpc) is 3.41. The summed E-state index contributed by atoms with van der Waals surface area (Å²) in [6.45, 7) is 5.80. The monoisotopic (exact) mass is 542 g/mol. The van der Waals surface area contributed by atoms with Crippen LogP contribution >= 0.6 is 0 Å². The van der Waals surface area contributed by atoms with Crippen LogP contribution in [-0.2, 0) is 9.59 Å². The van der Waals surface area contributed by atoms with Crippen LogP contribution in [0.4, 0.5) is 5.82 Å². The number of carbonyl (C=O) groups is 2. The Morgan fingerprint density at radius 1 is 0.780 bits per heavy atom. The fourth-order valence-corrected chi connectivity index (χ4v) is 4.89. The number of nitrogens with zero attached hydrogens (tertiary/aromatic N) is 3. The first-order valence-corrected chi connectivity index (χ1v) is 13.8. The molecule has 5 aromatic rings. The first kappa shape index (κ1) is 27.6. The van der Waals surface area contributed by atoms with Gasteiger partial charge in [-0.05, 0) is 44.0 Å². The summed E-state index contributed by atoms with van der Waals surface area (Å²) < 4.78 is 1.73. The van der Waals surface area contributed by atoms with E-state index in [2.05, 4.69) is 5.32 Å². The highest BCUT2D eigenvalue weighted by molar-refractivity contribution is 5.96. The van der Waals surface area contributed by atoms with Crippen LogP contribution in [0, 0.1) is 6.92 Å². The van der Waals surface area contributed by atoms with Crippen molar-refractivity contribution in [3.8, 4) is 16.9 Å². The first-order chi connectivity index (χ1) is 19.9. The molecule has 5 rings (SSSR count). The summed E-state index contributed by atoms with van der Waals surface area (Å²) in [6, 6.07) is 38.9. The molecule has 41 heavy (non-hydrogen) atoms. The van der Waals surface area contributed by atoms with Gasteiger partial charge in [0.05, 0.1) is 17.3 Å². The quantitative estimate of drug-likeness (QED) is 0.221. The van der Waals surface area contributed by atoms with E-state index in [1.807, 2.05) is 142 Å². The second-order valence-electron chi connectivity index (χ2n) is 10.4. The Kier molecular flexibility index (Phi) is 8.39. The van der Waals surface area contributed by atoms with E-state index in [1.165, 1.54) is 0 Å². The molecular weight excluding hydrogens is 508 g/mol. The third kappa shape index (κ3) is 6.44. The summed E-state index contributed by atoms with van der Waals surface area (Å²) in [5.74, 6) is -0.392. The maximum atomic E-state index is 14.1. The summed E-state index contributed by atoms with van der Waals surface area (Å²) in [6.07, 6.45) is 0. The second-order valence-corrected chi connectivity index (χ2v) is 10.4. The predicted octanol–water partition coefficient (Wildman–Crippen LogP) is 6.86. The van der Waals surface area contributed by atoms with Gasteiger partial charge in [-0.3, -0.25) is 9.59 Å². The molecule has 0 saturated heterocycles. The molecule has 0 bridgehead atoms. The third-order valence-electron chi connectivity index (χ3n) is 7.06. The van der Waals surface area contributed by atoms with Gasteiger partial charge in [-0.1, -0.05) is 109 Å². The zero-order valence-electron chi connectivity index (χ0n) is 23.6. The molecule has 0 saturated carbocycles. The van der Waals surface area contributed by atoms with Crippen LogP contribution in [0.2, 0.25) is 0 Å². The fraction of sp³-hybridized carbons (Fsp3) is 0.171. The number of anilines is 1. The average molecular weight is 543 g/mol. The van der Waals surface area contributed by atoms with Gasteiger partial charge in [0, 0.05) is 17.7 Å². The molecule has 2 amide bonds. The van der Waals surface area contributed by atoms with Crippen molar-refractivity contribution < 1.29 is 9.59 Å². The van der Waals surface area contributed by atoms with E-state index in [9.17, 15) is 9.59 Å². The number of carbonyl (C=O) groups excluding carboxylic acids is 2. The number of hydrogen-bond acceptors (Lipinski definition) is 3. The standard InChI is InChI=1S/C35H34N4O2/c1-25(2)38(35(41)34(28-15-9-5-10-16-28)29-17-11-6-12-18-29)24-33(40)36-32-23-31(27-13-7-4-8-14-27)37-39(32)30-21-19-26(3)20-22-30/h4-23,25,34H,24H2,1-3H3,(H,36,40). The van der Waals surface area contributed by atoms with Gasteiger partial charge in [0.15, 0.2) is 0 Å². The van der Waals surface area contributed by atoms with Gasteiger partial charge in [-0.25, -0.2) is 4.68 Å². The molecule has 0 unspecified atom stereocenters. The summed E-state index contributed by atoms with van der Waals surface area (Å²) >= 11 is 0. The van der Waals surface area contributed by atoms with Crippen LogP contribution in [-0.4, -0.2) is 39.1 Å². The molecule has 6 heteroatoms. The molecular formula is C35H34N4O2. The summed E-state index contributed by atoms with van der Waals surface area (Å²) in [5, 5.41) is 7.85. The molecule has 0 aliphatic carbocycles. The van der Waals surface area contributed by atoms with Crippen molar-refractivity contribution in [3.63, 3.8) is 0 Å². The fourth-order valence-electron chi connectivity index (χ4n) is 4.89. The third-order valence-corrected chi connectivity index (χ3v) is 7.06. The van der Waals surface area contributed by atoms with Gasteiger partial charge in [0.25, 0.3) is 0 Å². The van der Waals surface area contributed by atoms with Crippen molar-refractivity contribution in [2.24, 2.45) is 0 Å². The number of aromatic nitrogens is 2. The molecule has 1 aromatic heterocycles. The molecule has 4 aromatic carbocycles. The molecule has 0 aliphatic heterocycles. The zero-order valence-corrected chi connectivity index (χ0v) is 23.6. The lowest BCUT2D eigenvalue weighted by molar-refractivity contribution is -0.137. The smallest absolute Gasteiger partial charge is 0.245 e. The summed E-state index contributed by atoms with van der Waals surface area (Å²) in [7, 11) is 0. The van der Waals surface area contributed by atoms with E-state index in [4.69, 9.17) is 5.10 Å². The van der Waals surface area contributed by atoms with Crippen LogP contribution in [0.3, 0.4) is 0 Å². The number of amides is 2. The number of rotatable bonds is 9. The molecule has 0 atom stereocenters. The van der Waals surface area contributed by atoms with E-state index in [-0.39, 0.29) is 24.4 Å². The van der Waals surface area contributed by atoms with Crippen LogP contribution in [0.1, 0.15) is 36.5 Å². The zero-order chi connectivity index (χ0) is 28.8. The number of hydrogen-bond donors (Lipinski definition) is 1. The summed E-state index contributed by atoms with van der Waals surface area (Å²) in [5.41, 5.74) is 5.43. The predicted molar refractivity (Wildman–Crippen MR) is 164 cm³/mol. The highest BCUT2D eigenvalue weighted by Gasteiger charge is 2.30. The van der Waals surface area contributed by atoms with Gasteiger partial charge < -0.3 is 10.2 Å². The molecule has 1 N–H and O–H groups in total. The van der Waals surface area contributed by atoms with Gasteiger partial charge in [-0.2, -0.15) is 5.10 Å². The molecule has 0 aliphatic rings. The van der Waals surface area contributed by atoms with Gasteiger partial charge in [0.2, 0.25) is 11.8 Å². The van der Waals surface area contributed by atoms with Crippen molar-refractivity contribution in [3.05, 3.63) is 138 Å². The lowest BCUT2D eigenvalue weighted by atomic mass is 9.89. The van der Waals surface area contributed by atoms with E-state index in [0.29, 0.717) is 5.82 Å². The van der Waals surface area contributed by atoms with Crippen molar-refractivity contribution >= 4 is 17.6 Å². The molecule has 6 nitrogen and oxygen atoms in total. The van der Waals surface area contributed by atoms with Gasteiger partial charge in [0.1, 0.15) is 12.4 Å². The molecule has 1 heterocycles. The van der Waals surface area contributed by atoms with Crippen LogP contribution in [0.5, 0.6) is 0 Å².